The van der Waals surface area contributed by atoms with Gasteiger partial charge >= 0.3 is 0 Å². The Labute approximate surface area is 161 Å². The van der Waals surface area contributed by atoms with Crippen LogP contribution in [0.5, 0.6) is 0 Å². The molecule has 7 heteroatoms. The Morgan fingerprint density at radius 3 is 2.81 bits per heavy atom. The molecule has 0 aliphatic carbocycles. The number of aromatic nitrogens is 3. The second-order valence-electron chi connectivity index (χ2n) is 7.63. The zero-order valence-electron chi connectivity index (χ0n) is 16.9. The molecule has 0 saturated carbocycles. The summed E-state index contributed by atoms with van der Waals surface area (Å²) in [6.07, 6.45) is 5.77. The normalized spacial score (nSPS) is 14.4. The first-order valence-electron chi connectivity index (χ1n) is 9.54. The second kappa shape index (κ2) is 8.63. The van der Waals surface area contributed by atoms with Crippen LogP contribution in [0.4, 0.5) is 0 Å². The Balaban J connectivity index is 1.57. The minimum absolute atomic E-state index is 0.189. The Bertz CT molecular complexity index is 785. The maximum absolute atomic E-state index is 12.5. The van der Waals surface area contributed by atoms with E-state index in [-0.39, 0.29) is 5.91 Å². The number of likely N-dealkylation sites (N-methyl/N-ethyl adjacent to an activating group) is 1. The maximum atomic E-state index is 12.5. The number of rotatable bonds is 7. The molecule has 2 aromatic rings. The second-order valence-corrected chi connectivity index (χ2v) is 7.63. The van der Waals surface area contributed by atoms with Crippen LogP contribution in [-0.4, -0.2) is 82.7 Å². The summed E-state index contributed by atoms with van der Waals surface area (Å²) < 4.78 is 1.93. The number of carbonyl (C=O) groups excluding carboxylic acids is 1. The van der Waals surface area contributed by atoms with E-state index in [2.05, 4.69) is 35.1 Å². The van der Waals surface area contributed by atoms with Gasteiger partial charge in [-0.25, -0.2) is 4.68 Å². The lowest BCUT2D eigenvalue weighted by Gasteiger charge is -2.27. The number of fused-ring (bicyclic) bond motifs is 1. The quantitative estimate of drug-likeness (QED) is 0.736. The van der Waals surface area contributed by atoms with Gasteiger partial charge in [0.25, 0.3) is 0 Å². The standard InChI is InChI=1S/C20H30N6O/c1-16-12-18(6-8-21-16)26-14-17-13-25(11-7-19(17)22-26)15-20(27)24(4)10-5-9-23(2)3/h6,8,12,14H,5,7,9-11,13,15H2,1-4H3. The number of pyridine rings is 1. The lowest BCUT2D eigenvalue weighted by Crippen LogP contribution is -2.41. The fourth-order valence-electron chi connectivity index (χ4n) is 3.37. The largest absolute Gasteiger partial charge is 0.345 e. The molecule has 0 radical (unpaired) electrons. The third-order valence-corrected chi connectivity index (χ3v) is 4.96. The molecule has 0 fully saturated rings. The van der Waals surface area contributed by atoms with Crippen molar-refractivity contribution in [3.05, 3.63) is 41.5 Å². The van der Waals surface area contributed by atoms with Gasteiger partial charge in [-0.2, -0.15) is 5.10 Å². The van der Waals surface area contributed by atoms with E-state index in [1.54, 1.807) is 0 Å². The van der Waals surface area contributed by atoms with Gasteiger partial charge in [0.15, 0.2) is 0 Å². The van der Waals surface area contributed by atoms with Crippen LogP contribution in [0.3, 0.4) is 0 Å². The molecular weight excluding hydrogens is 340 g/mol. The van der Waals surface area contributed by atoms with E-state index in [9.17, 15) is 4.79 Å². The zero-order chi connectivity index (χ0) is 19.4. The maximum Gasteiger partial charge on any atom is 0.236 e. The monoisotopic (exact) mass is 370 g/mol. The number of carbonyl (C=O) groups is 1. The molecule has 146 valence electrons. The van der Waals surface area contributed by atoms with Crippen molar-refractivity contribution < 1.29 is 4.79 Å². The van der Waals surface area contributed by atoms with E-state index in [1.807, 2.05) is 41.9 Å². The van der Waals surface area contributed by atoms with Gasteiger partial charge in [-0.05, 0) is 46.1 Å². The molecule has 0 atom stereocenters. The van der Waals surface area contributed by atoms with E-state index in [1.165, 1.54) is 5.56 Å². The van der Waals surface area contributed by atoms with Crippen molar-refractivity contribution in [3.8, 4) is 5.69 Å². The molecule has 7 nitrogen and oxygen atoms in total. The molecule has 2 aromatic heterocycles. The predicted octanol–water partition coefficient (Wildman–Crippen LogP) is 1.34. The minimum atomic E-state index is 0.189. The average molecular weight is 371 g/mol. The van der Waals surface area contributed by atoms with Crippen LogP contribution in [0.25, 0.3) is 5.69 Å². The molecule has 0 unspecified atom stereocenters. The molecule has 3 rings (SSSR count). The molecular formula is C20H30N6O. The van der Waals surface area contributed by atoms with E-state index in [0.717, 1.165) is 56.1 Å². The van der Waals surface area contributed by atoms with E-state index in [4.69, 9.17) is 5.10 Å². The van der Waals surface area contributed by atoms with Gasteiger partial charge in [-0.3, -0.25) is 14.7 Å². The third kappa shape index (κ3) is 5.14. The molecule has 1 aliphatic heterocycles. The van der Waals surface area contributed by atoms with Crippen LogP contribution in [0.15, 0.2) is 24.5 Å². The smallest absolute Gasteiger partial charge is 0.236 e. The molecule has 0 bridgehead atoms. The van der Waals surface area contributed by atoms with Gasteiger partial charge in [0.1, 0.15) is 0 Å². The predicted molar refractivity (Wildman–Crippen MR) is 106 cm³/mol. The van der Waals surface area contributed by atoms with Crippen molar-refractivity contribution in [1.29, 1.82) is 0 Å². The molecule has 0 spiro atoms. The molecule has 0 N–H and O–H groups in total. The Morgan fingerprint density at radius 1 is 1.26 bits per heavy atom. The number of aryl methyl sites for hydroxylation is 1. The highest BCUT2D eigenvalue weighted by Gasteiger charge is 2.22. The zero-order valence-corrected chi connectivity index (χ0v) is 16.9. The minimum Gasteiger partial charge on any atom is -0.345 e. The summed E-state index contributed by atoms with van der Waals surface area (Å²) in [6.45, 7) is 5.90. The molecule has 3 heterocycles. The van der Waals surface area contributed by atoms with Crippen molar-refractivity contribution in [1.82, 2.24) is 29.5 Å². The summed E-state index contributed by atoms with van der Waals surface area (Å²) in [6, 6.07) is 4.00. The summed E-state index contributed by atoms with van der Waals surface area (Å²) in [7, 11) is 6.01. The van der Waals surface area contributed by atoms with Crippen molar-refractivity contribution >= 4 is 5.91 Å². The molecule has 1 amide bonds. The highest BCUT2D eigenvalue weighted by molar-refractivity contribution is 5.78. The van der Waals surface area contributed by atoms with E-state index < -0.39 is 0 Å². The van der Waals surface area contributed by atoms with Gasteiger partial charge in [0.2, 0.25) is 5.91 Å². The first-order valence-corrected chi connectivity index (χ1v) is 9.54. The molecule has 27 heavy (non-hydrogen) atoms. The number of hydrogen-bond donors (Lipinski definition) is 0. The summed E-state index contributed by atoms with van der Waals surface area (Å²) in [5.74, 6) is 0.189. The Morgan fingerprint density at radius 2 is 2.07 bits per heavy atom. The highest BCUT2D eigenvalue weighted by Crippen LogP contribution is 2.20. The van der Waals surface area contributed by atoms with Crippen LogP contribution in [0.1, 0.15) is 23.4 Å². The van der Waals surface area contributed by atoms with Crippen LogP contribution in [-0.2, 0) is 17.8 Å². The topological polar surface area (TPSA) is 57.5 Å². The van der Waals surface area contributed by atoms with Crippen LogP contribution in [0, 0.1) is 6.92 Å². The van der Waals surface area contributed by atoms with Crippen LogP contribution < -0.4 is 0 Å². The number of hydrogen-bond acceptors (Lipinski definition) is 5. The summed E-state index contributed by atoms with van der Waals surface area (Å²) in [4.78, 5) is 23.0. The lowest BCUT2D eigenvalue weighted by molar-refractivity contribution is -0.131. The fourth-order valence-corrected chi connectivity index (χ4v) is 3.37. The van der Waals surface area contributed by atoms with Crippen molar-refractivity contribution in [2.24, 2.45) is 0 Å². The molecule has 0 saturated heterocycles. The van der Waals surface area contributed by atoms with E-state index in [0.29, 0.717) is 6.54 Å². The number of nitrogens with zero attached hydrogens (tertiary/aromatic N) is 6. The highest BCUT2D eigenvalue weighted by atomic mass is 16.2. The van der Waals surface area contributed by atoms with Crippen molar-refractivity contribution in [2.75, 3.05) is 47.3 Å². The average Bonchev–Trinajstić information content (AvgIpc) is 3.04. The molecule has 1 aliphatic rings. The lowest BCUT2D eigenvalue weighted by atomic mass is 10.1. The molecule has 0 aromatic carbocycles. The Hall–Kier alpha value is -2.25. The Kier molecular flexibility index (Phi) is 6.23. The van der Waals surface area contributed by atoms with Crippen LogP contribution in [0.2, 0.25) is 0 Å². The van der Waals surface area contributed by atoms with Crippen molar-refractivity contribution in [3.63, 3.8) is 0 Å². The fraction of sp³-hybridized carbons (Fsp3) is 0.550. The summed E-state index contributed by atoms with van der Waals surface area (Å²) in [5, 5.41) is 4.73. The van der Waals surface area contributed by atoms with Gasteiger partial charge in [-0.15, -0.1) is 0 Å². The van der Waals surface area contributed by atoms with Gasteiger partial charge in [0, 0.05) is 56.8 Å². The number of amides is 1. The summed E-state index contributed by atoms with van der Waals surface area (Å²) in [5.41, 5.74) is 4.34. The first kappa shape index (κ1) is 19.5. The van der Waals surface area contributed by atoms with Gasteiger partial charge in [-0.1, -0.05) is 0 Å². The van der Waals surface area contributed by atoms with Crippen molar-refractivity contribution in [2.45, 2.75) is 26.3 Å². The van der Waals surface area contributed by atoms with E-state index >= 15 is 0 Å². The third-order valence-electron chi connectivity index (χ3n) is 4.96. The van der Waals surface area contributed by atoms with Gasteiger partial charge in [0.05, 0.1) is 17.9 Å². The summed E-state index contributed by atoms with van der Waals surface area (Å²) >= 11 is 0. The van der Waals surface area contributed by atoms with Gasteiger partial charge < -0.3 is 9.80 Å². The van der Waals surface area contributed by atoms with Crippen LogP contribution >= 0.6 is 0 Å². The SMILES string of the molecule is Cc1cc(-n2cc3c(n2)CCN(CC(=O)N(C)CCCN(C)C)C3)ccn1. The first-order chi connectivity index (χ1) is 12.9.